The lowest BCUT2D eigenvalue weighted by molar-refractivity contribution is 0.457. The number of imidazole rings is 1. The zero-order chi connectivity index (χ0) is 14.9. The van der Waals surface area contributed by atoms with E-state index in [4.69, 9.17) is 23.2 Å². The minimum absolute atomic E-state index is 0.121. The summed E-state index contributed by atoms with van der Waals surface area (Å²) in [6.07, 6.45) is 0. The van der Waals surface area contributed by atoms with Gasteiger partial charge in [0.15, 0.2) is 0 Å². The minimum atomic E-state index is -0.445. The molecule has 3 rings (SSSR count). The highest BCUT2D eigenvalue weighted by Crippen LogP contribution is 2.72. The fourth-order valence-electron chi connectivity index (χ4n) is 3.33. The molecule has 0 spiro atoms. The quantitative estimate of drug-likeness (QED) is 0.699. The molecule has 0 radical (unpaired) electrons. The van der Waals surface area contributed by atoms with E-state index in [2.05, 4.69) is 37.2 Å². The van der Waals surface area contributed by atoms with Gasteiger partial charge in [0.05, 0.1) is 21.9 Å². The van der Waals surface area contributed by atoms with Crippen molar-refractivity contribution >= 4 is 34.2 Å². The van der Waals surface area contributed by atoms with Gasteiger partial charge in [-0.1, -0.05) is 39.3 Å². The van der Waals surface area contributed by atoms with Crippen molar-refractivity contribution in [1.82, 2.24) is 9.55 Å². The topological polar surface area (TPSA) is 17.8 Å². The molecular weight excluding hydrogens is 298 g/mol. The second kappa shape index (κ2) is 4.11. The van der Waals surface area contributed by atoms with Crippen LogP contribution >= 0.6 is 23.2 Å². The number of nitrogens with zero attached hydrogens (tertiary/aromatic N) is 2. The van der Waals surface area contributed by atoms with Gasteiger partial charge in [-0.25, -0.2) is 9.37 Å². The van der Waals surface area contributed by atoms with Gasteiger partial charge in [0.25, 0.3) is 0 Å². The lowest BCUT2D eigenvalue weighted by Crippen LogP contribution is -2.05. The van der Waals surface area contributed by atoms with Crippen LogP contribution in [0, 0.1) is 16.6 Å². The van der Waals surface area contributed by atoms with Crippen molar-refractivity contribution in [3.8, 4) is 0 Å². The molecular formula is C15H17Cl2FN2. The fourth-order valence-corrected chi connectivity index (χ4v) is 3.68. The largest absolute Gasteiger partial charge is 0.323 e. The molecule has 1 aliphatic rings. The first-order valence-electron chi connectivity index (χ1n) is 6.63. The third kappa shape index (κ3) is 1.66. The summed E-state index contributed by atoms with van der Waals surface area (Å²) in [7, 11) is 0. The average Bonchev–Trinajstić information content (AvgIpc) is 2.65. The highest BCUT2D eigenvalue weighted by molar-refractivity contribution is 6.31. The van der Waals surface area contributed by atoms with Crippen LogP contribution in [0.15, 0.2) is 12.1 Å². The van der Waals surface area contributed by atoms with Crippen LogP contribution < -0.4 is 0 Å². The van der Waals surface area contributed by atoms with E-state index in [1.807, 2.05) is 0 Å². The third-order valence-corrected chi connectivity index (χ3v) is 5.66. The van der Waals surface area contributed by atoms with Gasteiger partial charge in [-0.2, -0.15) is 0 Å². The molecule has 108 valence electrons. The summed E-state index contributed by atoms with van der Waals surface area (Å²) in [6.45, 7) is 8.92. The predicted octanol–water partition coefficient (Wildman–Crippen LogP) is 5.17. The lowest BCUT2D eigenvalue weighted by Gasteiger charge is -2.10. The Balaban J connectivity index is 2.27. The van der Waals surface area contributed by atoms with Crippen molar-refractivity contribution in [2.45, 2.75) is 39.6 Å². The van der Waals surface area contributed by atoms with E-state index in [9.17, 15) is 4.39 Å². The number of fused-ring (bicyclic) bond motifs is 1. The van der Waals surface area contributed by atoms with Gasteiger partial charge in [-0.3, -0.25) is 0 Å². The number of benzene rings is 1. The molecule has 1 aliphatic carbocycles. The Labute approximate surface area is 127 Å². The maximum atomic E-state index is 13.6. The van der Waals surface area contributed by atoms with Crippen LogP contribution in [-0.4, -0.2) is 9.55 Å². The molecule has 20 heavy (non-hydrogen) atoms. The number of hydrogen-bond donors (Lipinski definition) is 0. The van der Waals surface area contributed by atoms with Crippen LogP contribution in [-0.2, 0) is 5.88 Å². The maximum Gasteiger partial charge on any atom is 0.144 e. The monoisotopic (exact) mass is 314 g/mol. The van der Waals surface area contributed by atoms with E-state index >= 15 is 0 Å². The SMILES string of the molecule is CC1(C)C(n2c(CCl)nc3cc(F)c(Cl)cc32)C1(C)C. The molecule has 5 heteroatoms. The van der Waals surface area contributed by atoms with E-state index < -0.39 is 5.82 Å². The number of aromatic nitrogens is 2. The molecule has 0 aliphatic heterocycles. The Bertz CT molecular complexity index is 689. The Hall–Kier alpha value is -0.800. The predicted molar refractivity (Wildman–Crippen MR) is 80.9 cm³/mol. The molecule has 2 aromatic rings. The van der Waals surface area contributed by atoms with Crippen LogP contribution in [0.5, 0.6) is 0 Å². The van der Waals surface area contributed by atoms with Gasteiger partial charge in [0, 0.05) is 12.1 Å². The normalized spacial score (nSPS) is 20.6. The van der Waals surface area contributed by atoms with Gasteiger partial charge in [-0.05, 0) is 16.9 Å². The van der Waals surface area contributed by atoms with Crippen molar-refractivity contribution in [1.29, 1.82) is 0 Å². The smallest absolute Gasteiger partial charge is 0.144 e. The van der Waals surface area contributed by atoms with Crippen molar-refractivity contribution in [2.24, 2.45) is 10.8 Å². The summed E-state index contributed by atoms with van der Waals surface area (Å²) in [5, 5.41) is 0.121. The summed E-state index contributed by atoms with van der Waals surface area (Å²) in [5.41, 5.74) is 1.75. The van der Waals surface area contributed by atoms with Crippen molar-refractivity contribution in [3.63, 3.8) is 0 Å². The number of alkyl halides is 1. The van der Waals surface area contributed by atoms with Crippen LogP contribution in [0.3, 0.4) is 0 Å². The van der Waals surface area contributed by atoms with Crippen LogP contribution in [0.1, 0.15) is 39.6 Å². The number of hydrogen-bond acceptors (Lipinski definition) is 1. The zero-order valence-electron chi connectivity index (χ0n) is 12.0. The molecule has 0 saturated heterocycles. The molecule has 1 aromatic heterocycles. The molecule has 1 heterocycles. The van der Waals surface area contributed by atoms with Crippen LogP contribution in [0.25, 0.3) is 11.0 Å². The molecule has 0 amide bonds. The first-order chi connectivity index (χ1) is 9.21. The molecule has 2 nitrogen and oxygen atoms in total. The average molecular weight is 315 g/mol. The van der Waals surface area contributed by atoms with E-state index in [1.54, 1.807) is 6.07 Å². The summed E-state index contributed by atoms with van der Waals surface area (Å²) in [6, 6.07) is 3.32. The van der Waals surface area contributed by atoms with E-state index in [1.165, 1.54) is 6.07 Å². The molecule has 1 aromatic carbocycles. The molecule has 0 bridgehead atoms. The Kier molecular flexibility index (Phi) is 2.91. The van der Waals surface area contributed by atoms with Crippen molar-refractivity contribution in [2.75, 3.05) is 0 Å². The summed E-state index contributed by atoms with van der Waals surface area (Å²) >= 11 is 12.0. The minimum Gasteiger partial charge on any atom is -0.323 e. The zero-order valence-corrected chi connectivity index (χ0v) is 13.5. The Morgan fingerprint density at radius 2 is 1.85 bits per heavy atom. The van der Waals surface area contributed by atoms with Gasteiger partial charge in [-0.15, -0.1) is 11.6 Å². The van der Waals surface area contributed by atoms with Gasteiger partial charge in [0.2, 0.25) is 0 Å². The summed E-state index contributed by atoms with van der Waals surface area (Å²) < 4.78 is 15.7. The van der Waals surface area contributed by atoms with Crippen LogP contribution in [0.4, 0.5) is 4.39 Å². The first kappa shape index (κ1) is 14.2. The van der Waals surface area contributed by atoms with Gasteiger partial charge in [0.1, 0.15) is 11.6 Å². The summed E-state index contributed by atoms with van der Waals surface area (Å²) in [4.78, 5) is 4.46. The second-order valence-corrected chi connectivity index (χ2v) is 7.31. The molecule has 0 unspecified atom stereocenters. The van der Waals surface area contributed by atoms with Crippen molar-refractivity contribution < 1.29 is 4.39 Å². The highest BCUT2D eigenvalue weighted by Gasteiger charge is 2.66. The fraction of sp³-hybridized carbons (Fsp3) is 0.533. The van der Waals surface area contributed by atoms with Gasteiger partial charge >= 0.3 is 0 Å². The second-order valence-electron chi connectivity index (χ2n) is 6.63. The third-order valence-electron chi connectivity index (χ3n) is 5.13. The number of halogens is 3. The molecule has 1 saturated carbocycles. The van der Waals surface area contributed by atoms with E-state index in [0.717, 1.165) is 11.3 Å². The first-order valence-corrected chi connectivity index (χ1v) is 7.55. The van der Waals surface area contributed by atoms with Crippen LogP contribution in [0.2, 0.25) is 5.02 Å². The maximum absolute atomic E-state index is 13.6. The number of rotatable bonds is 2. The Morgan fingerprint density at radius 1 is 1.25 bits per heavy atom. The molecule has 0 atom stereocenters. The molecule has 0 N–H and O–H groups in total. The standard InChI is InChI=1S/C15H17Cl2FN2/c1-14(2)13(15(14,3)4)20-11-5-8(17)9(18)6-10(11)19-12(20)7-16/h5-6,13H,7H2,1-4H3. The van der Waals surface area contributed by atoms with E-state index in [0.29, 0.717) is 11.4 Å². The molecule has 1 fully saturated rings. The van der Waals surface area contributed by atoms with E-state index in [-0.39, 0.29) is 21.9 Å². The van der Waals surface area contributed by atoms with Crippen molar-refractivity contribution in [3.05, 3.63) is 28.8 Å². The Morgan fingerprint density at radius 3 is 2.35 bits per heavy atom. The highest BCUT2D eigenvalue weighted by atomic mass is 35.5. The van der Waals surface area contributed by atoms with Gasteiger partial charge < -0.3 is 4.57 Å². The lowest BCUT2D eigenvalue weighted by atomic mass is 10.0. The summed E-state index contributed by atoms with van der Waals surface area (Å²) in [5.74, 6) is 0.627.